The average Bonchev–Trinajstić information content (AvgIpc) is 3.23. The molecule has 0 fully saturated rings. The molecule has 3 aromatic rings. The van der Waals surface area contributed by atoms with Crippen molar-refractivity contribution in [1.29, 1.82) is 0 Å². The zero-order chi connectivity index (χ0) is 20.6. The summed E-state index contributed by atoms with van der Waals surface area (Å²) in [5.41, 5.74) is 1.29. The summed E-state index contributed by atoms with van der Waals surface area (Å²) in [5.74, 6) is 0.540. The number of aromatic nitrogens is 1. The quantitative estimate of drug-likeness (QED) is 0.581. The van der Waals surface area contributed by atoms with Gasteiger partial charge in [0.1, 0.15) is 11.5 Å². The van der Waals surface area contributed by atoms with Crippen LogP contribution in [0.15, 0.2) is 59.1 Å². The van der Waals surface area contributed by atoms with Crippen LogP contribution in [0.5, 0.6) is 11.5 Å². The van der Waals surface area contributed by atoms with E-state index in [9.17, 15) is 9.59 Å². The number of para-hydroxylation sites is 1. The smallest absolute Gasteiger partial charge is 0.344 e. The van der Waals surface area contributed by atoms with Crippen LogP contribution in [-0.2, 0) is 9.53 Å². The van der Waals surface area contributed by atoms with Gasteiger partial charge < -0.3 is 24.1 Å². The number of nitrogens with one attached hydrogen (secondary N) is 1. The molecule has 8 nitrogen and oxygen atoms in total. The summed E-state index contributed by atoms with van der Waals surface area (Å²) in [5, 5.41) is 6.55. The third kappa shape index (κ3) is 5.13. The maximum atomic E-state index is 12.5. The first-order chi connectivity index (χ1) is 14.1. The maximum absolute atomic E-state index is 12.5. The number of methoxy groups -OCH3 is 1. The normalized spacial score (nSPS) is 10.3. The van der Waals surface area contributed by atoms with E-state index in [2.05, 4.69) is 10.5 Å². The Hall–Kier alpha value is -3.81. The first-order valence-electron chi connectivity index (χ1n) is 8.90. The summed E-state index contributed by atoms with van der Waals surface area (Å²) in [6, 6.07) is 15.5. The van der Waals surface area contributed by atoms with Gasteiger partial charge in [-0.3, -0.25) is 4.79 Å². The minimum absolute atomic E-state index is 0.115. The Kier molecular flexibility index (Phi) is 6.47. The topological polar surface area (TPSA) is 99.9 Å². The van der Waals surface area contributed by atoms with E-state index in [0.29, 0.717) is 28.5 Å². The number of anilines is 1. The van der Waals surface area contributed by atoms with Crippen LogP contribution in [0.25, 0.3) is 11.3 Å². The molecule has 0 bridgehead atoms. The Bertz CT molecular complexity index is 998. The van der Waals surface area contributed by atoms with Crippen LogP contribution in [0.3, 0.4) is 0 Å². The van der Waals surface area contributed by atoms with E-state index in [1.54, 1.807) is 44.4 Å². The zero-order valence-corrected chi connectivity index (χ0v) is 16.0. The molecule has 1 N–H and O–H groups in total. The van der Waals surface area contributed by atoms with Gasteiger partial charge in [-0.15, -0.1) is 0 Å². The number of benzene rings is 2. The second-order valence-electron chi connectivity index (χ2n) is 5.85. The van der Waals surface area contributed by atoms with E-state index in [0.717, 1.165) is 0 Å². The fourth-order valence-electron chi connectivity index (χ4n) is 2.56. The number of amides is 1. The number of ether oxygens (including phenoxy) is 3. The molecule has 8 heteroatoms. The van der Waals surface area contributed by atoms with Crippen molar-refractivity contribution in [3.05, 3.63) is 60.3 Å². The Balaban J connectivity index is 1.67. The Labute approximate surface area is 167 Å². The fourth-order valence-corrected chi connectivity index (χ4v) is 2.56. The molecular weight excluding hydrogens is 376 g/mol. The lowest BCUT2D eigenvalue weighted by Gasteiger charge is -2.08. The lowest BCUT2D eigenvalue weighted by atomic mass is 10.1. The van der Waals surface area contributed by atoms with Crippen molar-refractivity contribution < 1.29 is 28.3 Å². The minimum Gasteiger partial charge on any atom is -0.496 e. The van der Waals surface area contributed by atoms with Crippen LogP contribution in [0, 0.1) is 0 Å². The van der Waals surface area contributed by atoms with Gasteiger partial charge in [0, 0.05) is 17.8 Å². The van der Waals surface area contributed by atoms with Gasteiger partial charge in [-0.1, -0.05) is 23.4 Å². The van der Waals surface area contributed by atoms with Gasteiger partial charge in [0.05, 0.1) is 19.3 Å². The molecule has 0 aliphatic heterocycles. The number of esters is 1. The number of carbonyl (C=O) groups is 2. The Morgan fingerprint density at radius 1 is 1.10 bits per heavy atom. The van der Waals surface area contributed by atoms with Gasteiger partial charge in [0.15, 0.2) is 18.1 Å². The first kappa shape index (κ1) is 19.9. The predicted octanol–water partition coefficient (Wildman–Crippen LogP) is 3.54. The van der Waals surface area contributed by atoms with Crippen molar-refractivity contribution >= 4 is 17.6 Å². The molecule has 0 spiro atoms. The molecule has 0 unspecified atom stereocenters. The van der Waals surface area contributed by atoms with Crippen LogP contribution >= 0.6 is 0 Å². The van der Waals surface area contributed by atoms with E-state index in [-0.39, 0.29) is 18.9 Å². The van der Waals surface area contributed by atoms with Crippen molar-refractivity contribution in [2.24, 2.45) is 0 Å². The third-order valence-electron chi connectivity index (χ3n) is 3.87. The van der Waals surface area contributed by atoms with E-state index in [1.807, 2.05) is 18.2 Å². The maximum Gasteiger partial charge on any atom is 0.344 e. The highest BCUT2D eigenvalue weighted by molar-refractivity contribution is 6.03. The van der Waals surface area contributed by atoms with Crippen molar-refractivity contribution in [2.75, 3.05) is 25.6 Å². The minimum atomic E-state index is -0.464. The van der Waals surface area contributed by atoms with Gasteiger partial charge in [-0.05, 0) is 31.2 Å². The molecule has 2 aromatic carbocycles. The number of carbonyl (C=O) groups excluding carboxylic acids is 2. The molecule has 0 saturated carbocycles. The van der Waals surface area contributed by atoms with E-state index < -0.39 is 11.9 Å². The van der Waals surface area contributed by atoms with Gasteiger partial charge >= 0.3 is 5.97 Å². The van der Waals surface area contributed by atoms with E-state index in [1.165, 1.54) is 6.07 Å². The first-order valence-corrected chi connectivity index (χ1v) is 8.90. The summed E-state index contributed by atoms with van der Waals surface area (Å²) in [4.78, 5) is 23.9. The lowest BCUT2D eigenvalue weighted by Crippen LogP contribution is -2.15. The molecule has 1 amide bonds. The number of nitrogens with zero attached hydrogens (tertiary/aromatic N) is 1. The van der Waals surface area contributed by atoms with E-state index in [4.69, 9.17) is 18.7 Å². The molecule has 1 heterocycles. The van der Waals surface area contributed by atoms with Crippen molar-refractivity contribution in [3.8, 4) is 22.8 Å². The molecule has 0 aliphatic carbocycles. The molecule has 0 saturated heterocycles. The SMILES string of the molecule is CCOC(=O)COc1cccc(NC(=O)c2cc(-c3ccccc3OC)on2)c1. The van der Waals surface area contributed by atoms with Gasteiger partial charge in [-0.2, -0.15) is 0 Å². The van der Waals surface area contributed by atoms with Gasteiger partial charge in [0.2, 0.25) is 0 Å². The molecule has 0 atom stereocenters. The highest BCUT2D eigenvalue weighted by atomic mass is 16.6. The highest BCUT2D eigenvalue weighted by Crippen LogP contribution is 2.30. The summed E-state index contributed by atoms with van der Waals surface area (Å²) >= 11 is 0. The second kappa shape index (κ2) is 9.41. The highest BCUT2D eigenvalue weighted by Gasteiger charge is 2.16. The van der Waals surface area contributed by atoms with Crippen molar-refractivity contribution in [1.82, 2.24) is 5.16 Å². The number of hydrogen-bond acceptors (Lipinski definition) is 7. The summed E-state index contributed by atoms with van der Waals surface area (Å²) in [7, 11) is 1.56. The molecule has 3 rings (SSSR count). The molecule has 1 aromatic heterocycles. The zero-order valence-electron chi connectivity index (χ0n) is 16.0. The number of hydrogen-bond donors (Lipinski definition) is 1. The van der Waals surface area contributed by atoms with Crippen LogP contribution in [-0.4, -0.2) is 37.4 Å². The molecule has 150 valence electrons. The summed E-state index contributed by atoms with van der Waals surface area (Å²) < 4.78 is 20.8. The van der Waals surface area contributed by atoms with Crippen LogP contribution < -0.4 is 14.8 Å². The number of rotatable bonds is 8. The average molecular weight is 396 g/mol. The Morgan fingerprint density at radius 3 is 2.72 bits per heavy atom. The monoisotopic (exact) mass is 396 g/mol. The Morgan fingerprint density at radius 2 is 1.93 bits per heavy atom. The van der Waals surface area contributed by atoms with Crippen molar-refractivity contribution in [3.63, 3.8) is 0 Å². The fraction of sp³-hybridized carbons (Fsp3) is 0.190. The molecule has 0 aliphatic rings. The molecular formula is C21H20N2O6. The standard InChI is InChI=1S/C21H20N2O6/c1-3-27-20(24)13-28-15-8-6-7-14(11-15)22-21(25)17-12-19(29-23-17)16-9-4-5-10-18(16)26-2/h4-12H,3,13H2,1-2H3,(H,22,25). The van der Waals surface area contributed by atoms with Crippen molar-refractivity contribution in [2.45, 2.75) is 6.92 Å². The van der Waals surface area contributed by atoms with Crippen LogP contribution in [0.4, 0.5) is 5.69 Å². The summed E-state index contributed by atoms with van der Waals surface area (Å²) in [6.45, 7) is 1.79. The van der Waals surface area contributed by atoms with Crippen LogP contribution in [0.2, 0.25) is 0 Å². The second-order valence-corrected chi connectivity index (χ2v) is 5.85. The van der Waals surface area contributed by atoms with Crippen LogP contribution in [0.1, 0.15) is 17.4 Å². The molecule has 29 heavy (non-hydrogen) atoms. The van der Waals surface area contributed by atoms with Gasteiger partial charge in [0.25, 0.3) is 5.91 Å². The van der Waals surface area contributed by atoms with Gasteiger partial charge in [-0.25, -0.2) is 4.79 Å². The largest absolute Gasteiger partial charge is 0.496 e. The summed E-state index contributed by atoms with van der Waals surface area (Å²) in [6.07, 6.45) is 0. The molecule has 0 radical (unpaired) electrons. The van der Waals surface area contributed by atoms with E-state index >= 15 is 0 Å². The predicted molar refractivity (Wildman–Crippen MR) is 105 cm³/mol. The third-order valence-corrected chi connectivity index (χ3v) is 3.87. The lowest BCUT2D eigenvalue weighted by molar-refractivity contribution is -0.145.